The van der Waals surface area contributed by atoms with Gasteiger partial charge in [0.05, 0.1) is 11.3 Å². The van der Waals surface area contributed by atoms with Crippen molar-refractivity contribution in [2.75, 3.05) is 26.0 Å². The zero-order valence-electron chi connectivity index (χ0n) is 17.8. The fourth-order valence-electron chi connectivity index (χ4n) is 2.91. The van der Waals surface area contributed by atoms with Gasteiger partial charge >= 0.3 is 0 Å². The first kappa shape index (κ1) is 22.7. The van der Waals surface area contributed by atoms with Gasteiger partial charge in [0.25, 0.3) is 5.91 Å². The average molecular weight is 482 g/mol. The molecule has 0 aliphatic rings. The number of hydrogen-bond donors (Lipinski definition) is 1. The van der Waals surface area contributed by atoms with E-state index in [1.807, 2.05) is 49.3 Å². The summed E-state index contributed by atoms with van der Waals surface area (Å²) in [6.07, 6.45) is 6.08. The Morgan fingerprint density at radius 3 is 2.67 bits per heavy atom. The molecule has 0 aliphatic carbocycles. The zero-order valence-corrected chi connectivity index (χ0v) is 19.4. The van der Waals surface area contributed by atoms with E-state index in [0.717, 1.165) is 11.3 Å². The number of amides is 1. The van der Waals surface area contributed by atoms with Crippen molar-refractivity contribution in [3.63, 3.8) is 0 Å². The van der Waals surface area contributed by atoms with Gasteiger partial charge < -0.3 is 9.64 Å². The van der Waals surface area contributed by atoms with Crippen LogP contribution in [-0.2, 0) is 0 Å². The van der Waals surface area contributed by atoms with Crippen molar-refractivity contribution in [1.82, 2.24) is 30.0 Å². The number of carbonyl (C=O) groups excluding carboxylic acids is 1. The molecule has 1 amide bonds. The van der Waals surface area contributed by atoms with E-state index >= 15 is 0 Å². The maximum atomic E-state index is 12.7. The maximum Gasteiger partial charge on any atom is 0.259 e. The van der Waals surface area contributed by atoms with Crippen molar-refractivity contribution in [1.29, 1.82) is 0 Å². The number of halogens is 1. The second kappa shape index (κ2) is 10.4. The quantitative estimate of drug-likeness (QED) is 0.403. The van der Waals surface area contributed by atoms with Gasteiger partial charge in [0.15, 0.2) is 6.10 Å². The van der Waals surface area contributed by atoms with Crippen molar-refractivity contribution in [2.24, 2.45) is 0 Å². The van der Waals surface area contributed by atoms with Crippen LogP contribution in [0.2, 0.25) is 5.02 Å². The van der Waals surface area contributed by atoms with Crippen molar-refractivity contribution in [3.05, 3.63) is 77.5 Å². The lowest BCUT2D eigenvalue weighted by molar-refractivity contribution is 0.102. The highest BCUT2D eigenvalue weighted by Crippen LogP contribution is 2.29. The van der Waals surface area contributed by atoms with Crippen LogP contribution < -0.4 is 10.1 Å². The van der Waals surface area contributed by atoms with Crippen molar-refractivity contribution in [2.45, 2.75) is 6.10 Å². The molecule has 11 heteroatoms. The molecule has 1 atom stereocenters. The van der Waals surface area contributed by atoms with Gasteiger partial charge in [0.2, 0.25) is 11.0 Å². The number of nitrogens with zero attached hydrogens (tertiary/aromatic N) is 6. The first-order chi connectivity index (χ1) is 16.0. The molecule has 168 valence electrons. The number of hydrogen-bond acceptors (Lipinski definition) is 9. The van der Waals surface area contributed by atoms with Crippen LogP contribution in [0.5, 0.6) is 5.88 Å². The van der Waals surface area contributed by atoms with E-state index in [4.69, 9.17) is 16.3 Å². The normalized spacial score (nSPS) is 11.9. The number of ether oxygens (including phenoxy) is 1. The van der Waals surface area contributed by atoms with E-state index < -0.39 is 5.91 Å². The highest BCUT2D eigenvalue weighted by atomic mass is 35.5. The molecular formula is C22H20ClN7O2S. The van der Waals surface area contributed by atoms with E-state index in [1.165, 1.54) is 23.6 Å². The molecule has 4 aromatic rings. The highest BCUT2D eigenvalue weighted by molar-refractivity contribution is 7.18. The minimum Gasteiger partial charge on any atom is -0.465 e. The highest BCUT2D eigenvalue weighted by Gasteiger charge is 2.20. The van der Waals surface area contributed by atoms with Crippen molar-refractivity contribution >= 4 is 34.0 Å². The fraction of sp³-hybridized carbons (Fsp3) is 0.182. The summed E-state index contributed by atoms with van der Waals surface area (Å²) in [5.74, 6) is -0.176. The molecule has 1 N–H and O–H groups in total. The Morgan fingerprint density at radius 2 is 1.97 bits per heavy atom. The molecule has 1 unspecified atom stereocenters. The molecule has 0 spiro atoms. The number of nitrogens with one attached hydrogen (secondary N) is 1. The molecule has 33 heavy (non-hydrogen) atoms. The van der Waals surface area contributed by atoms with Crippen LogP contribution in [0.25, 0.3) is 10.6 Å². The minimum absolute atomic E-state index is 0.220. The topological polar surface area (TPSA) is 106 Å². The third-order valence-electron chi connectivity index (χ3n) is 4.44. The number of pyridine rings is 3. The van der Waals surface area contributed by atoms with E-state index in [9.17, 15) is 4.79 Å². The molecule has 0 radical (unpaired) electrons. The van der Waals surface area contributed by atoms with Gasteiger partial charge in [-0.2, -0.15) is 0 Å². The maximum absolute atomic E-state index is 12.7. The predicted octanol–water partition coefficient (Wildman–Crippen LogP) is 3.98. The molecule has 0 fully saturated rings. The molecule has 0 saturated heterocycles. The number of carbonyl (C=O) groups is 1. The zero-order chi connectivity index (χ0) is 23.2. The Balaban J connectivity index is 1.46. The van der Waals surface area contributed by atoms with Crippen LogP contribution in [0.3, 0.4) is 0 Å². The Morgan fingerprint density at radius 1 is 1.15 bits per heavy atom. The van der Waals surface area contributed by atoms with Crippen LogP contribution in [0.15, 0.2) is 61.2 Å². The molecule has 4 rings (SSSR count). The summed E-state index contributed by atoms with van der Waals surface area (Å²) < 4.78 is 6.04. The monoisotopic (exact) mass is 481 g/mol. The van der Waals surface area contributed by atoms with Crippen molar-refractivity contribution in [3.8, 4) is 16.5 Å². The largest absolute Gasteiger partial charge is 0.465 e. The lowest BCUT2D eigenvalue weighted by Gasteiger charge is -2.22. The molecule has 0 bridgehead atoms. The van der Waals surface area contributed by atoms with Gasteiger partial charge in [0, 0.05) is 36.9 Å². The van der Waals surface area contributed by atoms with Crippen LogP contribution in [0, 0.1) is 0 Å². The van der Waals surface area contributed by atoms with Gasteiger partial charge in [-0.05, 0) is 44.4 Å². The lowest BCUT2D eigenvalue weighted by atomic mass is 10.2. The van der Waals surface area contributed by atoms with E-state index in [-0.39, 0.29) is 22.6 Å². The van der Waals surface area contributed by atoms with E-state index in [2.05, 4.69) is 30.5 Å². The Kier molecular flexibility index (Phi) is 7.18. The van der Waals surface area contributed by atoms with Crippen molar-refractivity contribution < 1.29 is 9.53 Å². The molecule has 0 saturated carbocycles. The Hall–Kier alpha value is -3.47. The number of likely N-dealkylation sites (N-methyl/N-ethyl adjacent to an activating group) is 1. The SMILES string of the molecule is CN(C)CC(Oc1ncc(C(=O)Nc2nnc(-c3ccncc3)s2)cc1Cl)c1ccccn1. The van der Waals surface area contributed by atoms with Crippen LogP contribution >= 0.6 is 22.9 Å². The summed E-state index contributed by atoms with van der Waals surface area (Å²) in [7, 11) is 3.88. The van der Waals surface area contributed by atoms with E-state index in [1.54, 1.807) is 18.6 Å². The first-order valence-electron chi connectivity index (χ1n) is 9.92. The first-order valence-corrected chi connectivity index (χ1v) is 11.1. The lowest BCUT2D eigenvalue weighted by Crippen LogP contribution is -2.25. The summed E-state index contributed by atoms with van der Waals surface area (Å²) in [6.45, 7) is 0.577. The smallest absolute Gasteiger partial charge is 0.259 e. The summed E-state index contributed by atoms with van der Waals surface area (Å²) >= 11 is 7.65. The van der Waals surface area contributed by atoms with Gasteiger partial charge in [-0.1, -0.05) is 29.0 Å². The second-order valence-corrected chi connectivity index (χ2v) is 8.62. The third-order valence-corrected chi connectivity index (χ3v) is 5.60. The summed E-state index contributed by atoms with van der Waals surface area (Å²) in [4.78, 5) is 27.3. The Labute approximate surface area is 199 Å². The third kappa shape index (κ3) is 5.86. The second-order valence-electron chi connectivity index (χ2n) is 7.24. The molecule has 0 aliphatic heterocycles. The average Bonchev–Trinajstić information content (AvgIpc) is 3.29. The number of aromatic nitrogens is 5. The predicted molar refractivity (Wildman–Crippen MR) is 127 cm³/mol. The molecule has 0 aromatic carbocycles. The van der Waals surface area contributed by atoms with Gasteiger partial charge in [-0.25, -0.2) is 4.98 Å². The number of anilines is 1. The summed E-state index contributed by atoms with van der Waals surface area (Å²) in [5, 5.41) is 12.1. The Bertz CT molecular complexity index is 1220. The fourth-order valence-corrected chi connectivity index (χ4v) is 3.87. The molecule has 4 aromatic heterocycles. The minimum atomic E-state index is -0.400. The molecule has 9 nitrogen and oxygen atoms in total. The van der Waals surface area contributed by atoms with Crippen LogP contribution in [0.1, 0.15) is 22.2 Å². The van der Waals surface area contributed by atoms with Gasteiger partial charge in [-0.15, -0.1) is 10.2 Å². The van der Waals surface area contributed by atoms with E-state index in [0.29, 0.717) is 16.7 Å². The standard InChI is InChI=1S/C22H20ClN7O2S/c1-30(2)13-18(17-5-3-4-8-25-17)32-20-16(23)11-15(12-26-20)19(31)27-22-29-28-21(33-22)14-6-9-24-10-7-14/h3-12,18H,13H2,1-2H3,(H,27,29,31). The summed E-state index contributed by atoms with van der Waals surface area (Å²) in [6, 6.07) is 10.8. The van der Waals surface area contributed by atoms with Crippen LogP contribution in [-0.4, -0.2) is 56.6 Å². The van der Waals surface area contributed by atoms with Gasteiger partial charge in [-0.3, -0.25) is 20.1 Å². The van der Waals surface area contributed by atoms with Gasteiger partial charge in [0.1, 0.15) is 10.0 Å². The summed E-state index contributed by atoms with van der Waals surface area (Å²) in [5.41, 5.74) is 1.90. The number of rotatable bonds is 8. The molecule has 4 heterocycles. The molecular weight excluding hydrogens is 462 g/mol. The van der Waals surface area contributed by atoms with Crippen LogP contribution in [0.4, 0.5) is 5.13 Å².